The number of rotatable bonds is 3. The molecule has 0 saturated heterocycles. The minimum Gasteiger partial charge on any atom is -0.452 e. The van der Waals surface area contributed by atoms with Crippen molar-refractivity contribution in [1.82, 2.24) is 5.32 Å². The Kier molecular flexibility index (Phi) is 3.42. The van der Waals surface area contributed by atoms with Crippen LogP contribution in [0.2, 0.25) is 0 Å². The van der Waals surface area contributed by atoms with Crippen LogP contribution in [0, 0.1) is 23.2 Å². The second-order valence-corrected chi connectivity index (χ2v) is 7.10. The van der Waals surface area contributed by atoms with E-state index in [1.165, 1.54) is 26.2 Å². The number of ether oxygens (including phenoxy) is 1. The quantitative estimate of drug-likeness (QED) is 0.767. The highest BCUT2D eigenvalue weighted by Crippen LogP contribution is 2.60. The fraction of sp³-hybridized carbons (Fsp3) is 0.800. The molecule has 0 aromatic heterocycles. The first-order valence-electron chi connectivity index (χ1n) is 7.69. The highest BCUT2D eigenvalue weighted by atomic mass is 16.5. The Balaban J connectivity index is 1.65. The Hall–Kier alpha value is -1.59. The zero-order valence-corrected chi connectivity index (χ0v) is 12.3. The molecule has 0 aromatic rings. The van der Waals surface area contributed by atoms with E-state index in [0.717, 1.165) is 19.3 Å². The van der Waals surface area contributed by atoms with E-state index in [9.17, 15) is 14.4 Å². The van der Waals surface area contributed by atoms with Gasteiger partial charge in [0.15, 0.2) is 6.10 Å². The summed E-state index contributed by atoms with van der Waals surface area (Å²) in [5.74, 6) is 0.977. The summed E-state index contributed by atoms with van der Waals surface area (Å²) in [6.07, 6.45) is 5.41. The van der Waals surface area contributed by atoms with Crippen LogP contribution in [0.5, 0.6) is 0 Å². The standard InChI is InChI=1S/C15H22N2O4/c1-8(12(18)17-14(16)20)21-13(19)15-5-9-2-10(6-15)4-11(3-9)7-15/h8-11H,2-7H2,1H3,(H3,16,17,18,20)/t8-,9?,10?,11?,15?/m0/s1. The van der Waals surface area contributed by atoms with Crippen molar-refractivity contribution in [3.63, 3.8) is 0 Å². The summed E-state index contributed by atoms with van der Waals surface area (Å²) < 4.78 is 5.34. The average Bonchev–Trinajstić information content (AvgIpc) is 2.35. The summed E-state index contributed by atoms with van der Waals surface area (Å²) in [5.41, 5.74) is 4.50. The van der Waals surface area contributed by atoms with Gasteiger partial charge in [-0.15, -0.1) is 0 Å². The monoisotopic (exact) mass is 294 g/mol. The van der Waals surface area contributed by atoms with Crippen LogP contribution >= 0.6 is 0 Å². The van der Waals surface area contributed by atoms with E-state index in [1.54, 1.807) is 0 Å². The number of primary amides is 1. The SMILES string of the molecule is C[C@H](OC(=O)C12CC3CC(CC(C3)C1)C2)C(=O)NC(N)=O. The molecule has 6 heteroatoms. The smallest absolute Gasteiger partial charge is 0.318 e. The van der Waals surface area contributed by atoms with Gasteiger partial charge in [-0.1, -0.05) is 0 Å². The topological polar surface area (TPSA) is 98.5 Å². The first-order chi connectivity index (χ1) is 9.88. The van der Waals surface area contributed by atoms with E-state index in [4.69, 9.17) is 10.5 Å². The maximum absolute atomic E-state index is 12.6. The third-order valence-corrected chi connectivity index (χ3v) is 5.37. The van der Waals surface area contributed by atoms with Crippen molar-refractivity contribution in [3.05, 3.63) is 0 Å². The lowest BCUT2D eigenvalue weighted by atomic mass is 9.49. The zero-order valence-electron chi connectivity index (χ0n) is 12.3. The molecule has 21 heavy (non-hydrogen) atoms. The van der Waals surface area contributed by atoms with Crippen LogP contribution < -0.4 is 11.1 Å². The fourth-order valence-electron chi connectivity index (χ4n) is 4.92. The molecule has 4 aliphatic rings. The molecule has 3 N–H and O–H groups in total. The van der Waals surface area contributed by atoms with Crippen LogP contribution in [0.15, 0.2) is 0 Å². The number of urea groups is 1. The van der Waals surface area contributed by atoms with Gasteiger partial charge in [0.05, 0.1) is 5.41 Å². The molecule has 0 aliphatic heterocycles. The van der Waals surface area contributed by atoms with Crippen molar-refractivity contribution in [2.24, 2.45) is 28.9 Å². The molecule has 3 amide bonds. The van der Waals surface area contributed by atoms with Gasteiger partial charge in [0.2, 0.25) is 0 Å². The highest BCUT2D eigenvalue weighted by Gasteiger charge is 2.55. The number of hydrogen-bond donors (Lipinski definition) is 2. The van der Waals surface area contributed by atoms with E-state index in [1.807, 2.05) is 5.32 Å². The first kappa shape index (κ1) is 14.4. The van der Waals surface area contributed by atoms with Crippen molar-refractivity contribution < 1.29 is 19.1 Å². The Morgan fingerprint density at radius 2 is 1.57 bits per heavy atom. The summed E-state index contributed by atoms with van der Waals surface area (Å²) in [5, 5.41) is 1.94. The second kappa shape index (κ2) is 5.00. The number of carbonyl (C=O) groups is 3. The van der Waals surface area contributed by atoms with E-state index in [2.05, 4.69) is 0 Å². The molecular weight excluding hydrogens is 272 g/mol. The summed E-state index contributed by atoms with van der Waals surface area (Å²) in [6.45, 7) is 1.47. The number of nitrogens with one attached hydrogen (secondary N) is 1. The Morgan fingerprint density at radius 1 is 1.10 bits per heavy atom. The molecule has 4 bridgehead atoms. The summed E-state index contributed by atoms with van der Waals surface area (Å²) in [7, 11) is 0. The van der Waals surface area contributed by atoms with Gasteiger partial charge in [0.1, 0.15) is 0 Å². The number of amides is 3. The van der Waals surface area contributed by atoms with Crippen molar-refractivity contribution in [2.75, 3.05) is 0 Å². The third-order valence-electron chi connectivity index (χ3n) is 5.37. The molecule has 4 saturated carbocycles. The average molecular weight is 294 g/mol. The molecular formula is C15H22N2O4. The summed E-state index contributed by atoms with van der Waals surface area (Å²) in [4.78, 5) is 34.9. The van der Waals surface area contributed by atoms with E-state index in [0.29, 0.717) is 17.8 Å². The highest BCUT2D eigenvalue weighted by molar-refractivity contribution is 5.96. The van der Waals surface area contributed by atoms with Gasteiger partial charge in [-0.25, -0.2) is 4.79 Å². The Labute approximate surface area is 123 Å². The molecule has 0 radical (unpaired) electrons. The van der Waals surface area contributed by atoms with Gasteiger partial charge in [-0.2, -0.15) is 0 Å². The van der Waals surface area contributed by atoms with Crippen molar-refractivity contribution in [1.29, 1.82) is 0 Å². The summed E-state index contributed by atoms with van der Waals surface area (Å²) in [6, 6.07) is -0.933. The van der Waals surface area contributed by atoms with Crippen molar-refractivity contribution >= 4 is 17.9 Å². The van der Waals surface area contributed by atoms with Crippen LogP contribution in [0.3, 0.4) is 0 Å². The predicted molar refractivity (Wildman–Crippen MR) is 73.9 cm³/mol. The predicted octanol–water partition coefficient (Wildman–Crippen LogP) is 1.33. The molecule has 0 heterocycles. The molecule has 6 nitrogen and oxygen atoms in total. The number of imide groups is 1. The fourth-order valence-corrected chi connectivity index (χ4v) is 4.92. The van der Waals surface area contributed by atoms with Crippen LogP contribution in [0.1, 0.15) is 45.4 Å². The van der Waals surface area contributed by atoms with Crippen molar-refractivity contribution in [3.8, 4) is 0 Å². The normalized spacial score (nSPS) is 37.9. The maximum atomic E-state index is 12.6. The van der Waals surface area contributed by atoms with Crippen LogP contribution in [-0.2, 0) is 14.3 Å². The van der Waals surface area contributed by atoms with E-state index < -0.39 is 23.5 Å². The van der Waals surface area contributed by atoms with E-state index in [-0.39, 0.29) is 5.97 Å². The van der Waals surface area contributed by atoms with Gasteiger partial charge in [0, 0.05) is 0 Å². The van der Waals surface area contributed by atoms with E-state index >= 15 is 0 Å². The van der Waals surface area contributed by atoms with Gasteiger partial charge < -0.3 is 10.5 Å². The van der Waals surface area contributed by atoms with Gasteiger partial charge in [0.25, 0.3) is 5.91 Å². The maximum Gasteiger partial charge on any atom is 0.318 e. The second-order valence-electron chi connectivity index (χ2n) is 7.10. The minimum absolute atomic E-state index is 0.270. The first-order valence-corrected chi connectivity index (χ1v) is 7.69. The number of hydrogen-bond acceptors (Lipinski definition) is 4. The van der Waals surface area contributed by atoms with Crippen LogP contribution in [0.25, 0.3) is 0 Å². The molecule has 4 fully saturated rings. The van der Waals surface area contributed by atoms with Gasteiger partial charge in [-0.3, -0.25) is 14.9 Å². The number of nitrogens with two attached hydrogens (primary N) is 1. The number of esters is 1. The molecule has 0 aromatic carbocycles. The largest absolute Gasteiger partial charge is 0.452 e. The molecule has 4 aliphatic carbocycles. The lowest BCUT2D eigenvalue weighted by Gasteiger charge is -2.55. The zero-order chi connectivity index (χ0) is 15.2. The van der Waals surface area contributed by atoms with Gasteiger partial charge in [-0.05, 0) is 63.2 Å². The van der Waals surface area contributed by atoms with Crippen LogP contribution in [0.4, 0.5) is 4.79 Å². The summed E-state index contributed by atoms with van der Waals surface area (Å²) >= 11 is 0. The molecule has 4 rings (SSSR count). The van der Waals surface area contributed by atoms with Crippen LogP contribution in [-0.4, -0.2) is 24.0 Å². The lowest BCUT2D eigenvalue weighted by molar-refractivity contribution is -0.178. The van der Waals surface area contributed by atoms with Gasteiger partial charge >= 0.3 is 12.0 Å². The molecule has 0 spiro atoms. The Morgan fingerprint density at radius 3 is 2.00 bits per heavy atom. The third kappa shape index (κ3) is 2.63. The number of carbonyl (C=O) groups excluding carboxylic acids is 3. The minimum atomic E-state index is -0.988. The Bertz CT molecular complexity index is 453. The lowest BCUT2D eigenvalue weighted by Crippen LogP contribution is -2.52. The molecule has 116 valence electrons. The molecule has 0 unspecified atom stereocenters. The van der Waals surface area contributed by atoms with Crippen molar-refractivity contribution in [2.45, 2.75) is 51.6 Å². The molecule has 1 atom stereocenters.